The smallest absolute Gasteiger partial charge is 0.318 e. The van der Waals surface area contributed by atoms with Crippen molar-refractivity contribution in [3.05, 3.63) is 10.4 Å². The van der Waals surface area contributed by atoms with Gasteiger partial charge in [-0.15, -0.1) is 0 Å². The highest BCUT2D eigenvalue weighted by molar-refractivity contribution is 7.85. The summed E-state index contributed by atoms with van der Waals surface area (Å²) >= 11 is 0. The van der Waals surface area contributed by atoms with E-state index in [9.17, 15) is 18.3 Å². The fourth-order valence-electron chi connectivity index (χ4n) is 1.13. The Balaban J connectivity index is 2.65. The van der Waals surface area contributed by atoms with Gasteiger partial charge >= 0.3 is 5.97 Å². The predicted molar refractivity (Wildman–Crippen MR) is 49.6 cm³/mol. The molecule has 0 radical (unpaired) electrons. The van der Waals surface area contributed by atoms with Gasteiger partial charge in [0, 0.05) is 4.91 Å². The molecule has 0 spiro atoms. The molecule has 0 saturated carbocycles. The van der Waals surface area contributed by atoms with Gasteiger partial charge in [-0.2, -0.15) is 8.42 Å². The lowest BCUT2D eigenvalue weighted by molar-refractivity contribution is -0.143. The van der Waals surface area contributed by atoms with E-state index in [1.165, 1.54) is 0 Å². The number of carbonyl (C=O) groups is 1. The Morgan fingerprint density at radius 3 is 2.81 bits per heavy atom. The highest BCUT2D eigenvalue weighted by Crippen LogP contribution is 2.19. The minimum atomic E-state index is -3.69. The molecule has 0 aromatic carbocycles. The molecule has 0 aliphatic carbocycles. The third-order valence-electron chi connectivity index (χ3n) is 1.84. The number of hydrogen-bond acceptors (Lipinski definition) is 7. The van der Waals surface area contributed by atoms with Gasteiger partial charge < -0.3 is 9.84 Å². The summed E-state index contributed by atoms with van der Waals surface area (Å²) in [4.78, 5) is 13.4. The van der Waals surface area contributed by atoms with Crippen molar-refractivity contribution in [1.82, 2.24) is 0 Å². The van der Waals surface area contributed by atoms with Crippen LogP contribution in [-0.2, 0) is 23.8 Å². The molecule has 0 unspecified atom stereocenters. The van der Waals surface area contributed by atoms with Crippen molar-refractivity contribution >= 4 is 16.1 Å². The lowest BCUT2D eigenvalue weighted by Crippen LogP contribution is -2.33. The Labute approximate surface area is 90.7 Å². The van der Waals surface area contributed by atoms with Crippen LogP contribution in [0, 0.1) is 0 Å². The highest BCUT2D eigenvalue weighted by Gasteiger charge is 2.43. The van der Waals surface area contributed by atoms with Gasteiger partial charge in [0.15, 0.2) is 12.1 Å². The molecule has 1 saturated heterocycles. The zero-order valence-electron chi connectivity index (χ0n) is 8.18. The second-order valence-electron chi connectivity index (χ2n) is 3.10. The Bertz CT molecular complexity index is 428. The average Bonchev–Trinajstić information content (AvgIpc) is 2.42. The van der Waals surface area contributed by atoms with E-state index in [1.54, 1.807) is 0 Å². The number of aliphatic hydroxyl groups is 1. The van der Waals surface area contributed by atoms with E-state index < -0.39 is 40.9 Å². The number of ether oxygens (including phenoxy) is 1. The molecule has 0 amide bonds. The highest BCUT2D eigenvalue weighted by atomic mass is 32.2. The lowest BCUT2D eigenvalue weighted by atomic mass is 10.1. The minimum Gasteiger partial charge on any atom is -0.457 e. The summed E-state index contributed by atoms with van der Waals surface area (Å²) in [5, 5.41) is 12.5. The van der Waals surface area contributed by atoms with E-state index in [2.05, 4.69) is 18.9 Å². The van der Waals surface area contributed by atoms with E-state index in [0.29, 0.717) is 0 Å². The van der Waals surface area contributed by atoms with E-state index in [1.807, 2.05) is 0 Å². The van der Waals surface area contributed by atoms with E-state index >= 15 is 0 Å². The Hall–Kier alpha value is -1.35. The van der Waals surface area contributed by atoms with Crippen molar-refractivity contribution in [3.8, 4) is 0 Å². The fraction of sp³-hybridized carbons (Fsp3) is 0.833. The first-order valence-electron chi connectivity index (χ1n) is 4.12. The standard InChI is InChI=1S/C6H9N3O6S/c1-16(12,13)14-2-3-5(10)4(8-9-7)6(11)15-3/h3-5,10H,2H2,1H3/t3-,4-,5-/m0/s1. The summed E-state index contributed by atoms with van der Waals surface area (Å²) in [5.74, 6) is -0.910. The van der Waals surface area contributed by atoms with Crippen molar-refractivity contribution in [2.75, 3.05) is 12.9 Å². The van der Waals surface area contributed by atoms with Crippen molar-refractivity contribution < 1.29 is 27.2 Å². The van der Waals surface area contributed by atoms with Crippen LogP contribution in [0.3, 0.4) is 0 Å². The molecular formula is C6H9N3O6S. The van der Waals surface area contributed by atoms with Gasteiger partial charge in [0.05, 0.1) is 6.26 Å². The zero-order valence-corrected chi connectivity index (χ0v) is 8.99. The second-order valence-corrected chi connectivity index (χ2v) is 4.75. The van der Waals surface area contributed by atoms with Gasteiger partial charge in [-0.1, -0.05) is 5.11 Å². The van der Waals surface area contributed by atoms with E-state index in [0.717, 1.165) is 6.26 Å². The maximum atomic E-state index is 11.1. The molecule has 0 aromatic heterocycles. The molecule has 0 bridgehead atoms. The average molecular weight is 251 g/mol. The topological polar surface area (TPSA) is 139 Å². The van der Waals surface area contributed by atoms with Crippen LogP contribution in [0.2, 0.25) is 0 Å². The summed E-state index contributed by atoms with van der Waals surface area (Å²) in [6.07, 6.45) is -1.75. The van der Waals surface area contributed by atoms with E-state index in [4.69, 9.17) is 5.53 Å². The molecule has 3 atom stereocenters. The van der Waals surface area contributed by atoms with Crippen molar-refractivity contribution in [2.24, 2.45) is 5.11 Å². The normalized spacial score (nSPS) is 29.6. The molecule has 1 rings (SSSR count). The molecule has 1 heterocycles. The molecule has 1 N–H and O–H groups in total. The molecule has 16 heavy (non-hydrogen) atoms. The monoisotopic (exact) mass is 251 g/mol. The van der Waals surface area contributed by atoms with Gasteiger partial charge in [0.1, 0.15) is 12.7 Å². The number of esters is 1. The summed E-state index contributed by atoms with van der Waals surface area (Å²) in [7, 11) is -3.69. The van der Waals surface area contributed by atoms with Crippen LogP contribution in [0.25, 0.3) is 10.4 Å². The zero-order chi connectivity index (χ0) is 12.3. The number of nitrogens with zero attached hydrogens (tertiary/aromatic N) is 3. The number of azide groups is 1. The Morgan fingerprint density at radius 1 is 1.69 bits per heavy atom. The first kappa shape index (κ1) is 12.7. The van der Waals surface area contributed by atoms with Gasteiger partial charge in [0.2, 0.25) is 0 Å². The number of carbonyl (C=O) groups excluding carboxylic acids is 1. The van der Waals surface area contributed by atoms with Crippen molar-refractivity contribution in [3.63, 3.8) is 0 Å². The first-order chi connectivity index (χ1) is 7.35. The van der Waals surface area contributed by atoms with Crippen molar-refractivity contribution in [2.45, 2.75) is 18.2 Å². The third-order valence-corrected chi connectivity index (χ3v) is 2.40. The maximum Gasteiger partial charge on any atom is 0.318 e. The van der Waals surface area contributed by atoms with Gasteiger partial charge in [-0.05, 0) is 5.53 Å². The molecule has 1 aliphatic rings. The number of cyclic esters (lactones) is 1. The molecule has 0 aromatic rings. The summed E-state index contributed by atoms with van der Waals surface area (Å²) in [5.41, 5.74) is 8.12. The lowest BCUT2D eigenvalue weighted by Gasteiger charge is -2.12. The first-order valence-corrected chi connectivity index (χ1v) is 5.94. The summed E-state index contributed by atoms with van der Waals surface area (Å²) in [6, 6.07) is -1.36. The molecule has 9 nitrogen and oxygen atoms in total. The molecule has 90 valence electrons. The number of rotatable bonds is 4. The quantitative estimate of drug-likeness (QED) is 0.222. The molecule has 10 heteroatoms. The Kier molecular flexibility index (Phi) is 3.70. The van der Waals surface area contributed by atoms with Gasteiger partial charge in [0.25, 0.3) is 10.1 Å². The SMILES string of the molecule is CS(=O)(=O)OC[C@@H]1OC(=O)[C@@H](N=[N+]=[N-])[C@H]1O. The largest absolute Gasteiger partial charge is 0.457 e. The van der Waals surface area contributed by atoms with Crippen LogP contribution in [0.1, 0.15) is 0 Å². The molecule has 1 aliphatic heterocycles. The van der Waals surface area contributed by atoms with Crippen molar-refractivity contribution in [1.29, 1.82) is 0 Å². The maximum absolute atomic E-state index is 11.1. The number of hydrogen-bond donors (Lipinski definition) is 1. The molecule has 1 fully saturated rings. The summed E-state index contributed by atoms with van der Waals surface area (Å²) < 4.78 is 30.3. The van der Waals surface area contributed by atoms with Crippen LogP contribution < -0.4 is 0 Å². The predicted octanol–water partition coefficient (Wildman–Crippen LogP) is -1.07. The van der Waals surface area contributed by atoms with Crippen LogP contribution in [0.5, 0.6) is 0 Å². The van der Waals surface area contributed by atoms with Crippen LogP contribution in [-0.4, -0.2) is 50.6 Å². The van der Waals surface area contributed by atoms with Gasteiger partial charge in [-0.25, -0.2) is 0 Å². The third kappa shape index (κ3) is 3.07. The summed E-state index contributed by atoms with van der Waals surface area (Å²) in [6.45, 7) is -0.511. The fourth-order valence-corrected chi connectivity index (χ4v) is 1.51. The van der Waals surface area contributed by atoms with Crippen LogP contribution >= 0.6 is 0 Å². The van der Waals surface area contributed by atoms with Crippen LogP contribution in [0.15, 0.2) is 5.11 Å². The second kappa shape index (κ2) is 4.66. The van der Waals surface area contributed by atoms with Crippen LogP contribution in [0.4, 0.5) is 0 Å². The number of aliphatic hydroxyl groups excluding tert-OH is 1. The molecular weight excluding hydrogens is 242 g/mol. The van der Waals surface area contributed by atoms with E-state index in [-0.39, 0.29) is 0 Å². The minimum absolute atomic E-state index is 0.511. The Morgan fingerprint density at radius 2 is 2.31 bits per heavy atom. The van der Waals surface area contributed by atoms with Gasteiger partial charge in [-0.3, -0.25) is 8.98 Å².